The van der Waals surface area contributed by atoms with Crippen LogP contribution in [0.3, 0.4) is 0 Å². The van der Waals surface area contributed by atoms with Crippen molar-refractivity contribution in [2.75, 3.05) is 6.54 Å². The van der Waals surface area contributed by atoms with Crippen LogP contribution in [0, 0.1) is 5.82 Å². The number of benzene rings is 1. The van der Waals surface area contributed by atoms with Crippen molar-refractivity contribution in [2.24, 2.45) is 0 Å². The minimum atomic E-state index is -0.566. The highest BCUT2D eigenvalue weighted by molar-refractivity contribution is 9.10. The molecule has 0 unspecified atom stereocenters. The molecule has 1 fully saturated rings. The Bertz CT molecular complexity index is 498. The summed E-state index contributed by atoms with van der Waals surface area (Å²) < 4.78 is 14.0. The summed E-state index contributed by atoms with van der Waals surface area (Å²) in [7, 11) is 0. The molecule has 0 bridgehead atoms. The molecule has 0 heterocycles. The van der Waals surface area contributed by atoms with Crippen LogP contribution in [0.1, 0.15) is 36.0 Å². The molecule has 1 saturated carbocycles. The summed E-state index contributed by atoms with van der Waals surface area (Å²) in [5, 5.41) is 5.49. The van der Waals surface area contributed by atoms with Gasteiger partial charge in [0.25, 0.3) is 5.91 Å². The van der Waals surface area contributed by atoms with Crippen molar-refractivity contribution in [1.29, 1.82) is 0 Å². The van der Waals surface area contributed by atoms with E-state index in [9.17, 15) is 14.0 Å². The molecule has 1 aliphatic rings. The second kappa shape index (κ2) is 6.83. The van der Waals surface area contributed by atoms with E-state index in [0.29, 0.717) is 29.9 Å². The summed E-state index contributed by atoms with van der Waals surface area (Å²) in [5.74, 6) is -1.03. The van der Waals surface area contributed by atoms with Gasteiger partial charge in [0.2, 0.25) is 5.91 Å². The third-order valence-electron chi connectivity index (χ3n) is 3.00. The van der Waals surface area contributed by atoms with Crippen LogP contribution in [0.2, 0.25) is 0 Å². The van der Waals surface area contributed by atoms with Crippen LogP contribution < -0.4 is 10.6 Å². The van der Waals surface area contributed by atoms with E-state index in [2.05, 4.69) is 26.6 Å². The molecule has 0 spiro atoms. The van der Waals surface area contributed by atoms with E-state index in [1.807, 2.05) is 0 Å². The van der Waals surface area contributed by atoms with Gasteiger partial charge in [0.1, 0.15) is 5.82 Å². The van der Waals surface area contributed by atoms with E-state index in [0.717, 1.165) is 12.8 Å². The van der Waals surface area contributed by atoms with Crippen molar-refractivity contribution in [3.05, 3.63) is 34.1 Å². The van der Waals surface area contributed by atoms with Crippen molar-refractivity contribution in [3.63, 3.8) is 0 Å². The lowest BCUT2D eigenvalue weighted by molar-refractivity contribution is -0.121. The fourth-order valence-corrected chi connectivity index (χ4v) is 2.30. The molecular formula is C14H16BrFN2O2. The Morgan fingerprint density at radius 2 is 2.10 bits per heavy atom. The first kappa shape index (κ1) is 15.0. The van der Waals surface area contributed by atoms with Crippen LogP contribution in [0.4, 0.5) is 4.39 Å². The molecule has 2 rings (SSSR count). The van der Waals surface area contributed by atoms with Gasteiger partial charge in [0.15, 0.2) is 0 Å². The molecule has 0 radical (unpaired) electrons. The zero-order valence-corrected chi connectivity index (χ0v) is 12.5. The van der Waals surface area contributed by atoms with E-state index < -0.39 is 11.7 Å². The van der Waals surface area contributed by atoms with Crippen molar-refractivity contribution >= 4 is 27.7 Å². The first-order chi connectivity index (χ1) is 9.58. The molecule has 2 amide bonds. The van der Waals surface area contributed by atoms with Crippen LogP contribution in [-0.4, -0.2) is 24.4 Å². The Kier molecular flexibility index (Phi) is 5.11. The van der Waals surface area contributed by atoms with Crippen molar-refractivity contribution in [1.82, 2.24) is 10.6 Å². The molecule has 0 aromatic heterocycles. The summed E-state index contributed by atoms with van der Waals surface area (Å²) in [6.45, 7) is 0.345. The van der Waals surface area contributed by atoms with Gasteiger partial charge in [-0.3, -0.25) is 9.59 Å². The van der Waals surface area contributed by atoms with Gasteiger partial charge in [-0.05, 0) is 47.3 Å². The van der Waals surface area contributed by atoms with Gasteiger partial charge in [-0.25, -0.2) is 4.39 Å². The SMILES string of the molecule is O=C(CCCNC(=O)c1c(F)cccc1Br)NC1CC1. The van der Waals surface area contributed by atoms with Crippen LogP contribution in [-0.2, 0) is 4.79 Å². The quantitative estimate of drug-likeness (QED) is 0.780. The van der Waals surface area contributed by atoms with E-state index >= 15 is 0 Å². The largest absolute Gasteiger partial charge is 0.353 e. The number of carbonyl (C=O) groups is 2. The first-order valence-corrected chi connectivity index (χ1v) is 7.39. The number of hydrogen-bond donors (Lipinski definition) is 2. The Hall–Kier alpha value is -1.43. The maximum Gasteiger partial charge on any atom is 0.255 e. The maximum atomic E-state index is 13.5. The lowest BCUT2D eigenvalue weighted by Gasteiger charge is -2.08. The molecule has 108 valence electrons. The molecule has 4 nitrogen and oxygen atoms in total. The monoisotopic (exact) mass is 342 g/mol. The second-order valence-electron chi connectivity index (χ2n) is 4.80. The highest BCUT2D eigenvalue weighted by Gasteiger charge is 2.22. The highest BCUT2D eigenvalue weighted by atomic mass is 79.9. The summed E-state index contributed by atoms with van der Waals surface area (Å²) in [6, 6.07) is 4.73. The number of halogens is 2. The molecule has 0 aliphatic heterocycles. The Morgan fingerprint density at radius 3 is 2.75 bits per heavy atom. The topological polar surface area (TPSA) is 58.2 Å². The van der Waals surface area contributed by atoms with E-state index in [-0.39, 0.29) is 11.5 Å². The van der Waals surface area contributed by atoms with Gasteiger partial charge in [-0.15, -0.1) is 0 Å². The zero-order chi connectivity index (χ0) is 14.5. The summed E-state index contributed by atoms with van der Waals surface area (Å²) in [5.41, 5.74) is -0.00469. The number of nitrogens with one attached hydrogen (secondary N) is 2. The molecular weight excluding hydrogens is 327 g/mol. The zero-order valence-electron chi connectivity index (χ0n) is 10.9. The summed E-state index contributed by atoms with van der Waals surface area (Å²) in [4.78, 5) is 23.3. The van der Waals surface area contributed by atoms with Gasteiger partial charge < -0.3 is 10.6 Å². The average molecular weight is 343 g/mol. The number of carbonyl (C=O) groups excluding carboxylic acids is 2. The predicted octanol–water partition coefficient (Wildman–Crippen LogP) is 2.38. The molecule has 1 aliphatic carbocycles. The van der Waals surface area contributed by atoms with E-state index in [1.165, 1.54) is 12.1 Å². The molecule has 2 N–H and O–H groups in total. The van der Waals surface area contributed by atoms with Gasteiger partial charge in [-0.2, -0.15) is 0 Å². The molecule has 0 atom stereocenters. The molecule has 20 heavy (non-hydrogen) atoms. The lowest BCUT2D eigenvalue weighted by Crippen LogP contribution is -2.29. The van der Waals surface area contributed by atoms with Crippen LogP contribution in [0.25, 0.3) is 0 Å². The van der Waals surface area contributed by atoms with Gasteiger partial charge >= 0.3 is 0 Å². The number of rotatable bonds is 6. The first-order valence-electron chi connectivity index (χ1n) is 6.59. The van der Waals surface area contributed by atoms with Crippen LogP contribution in [0.5, 0.6) is 0 Å². The molecule has 1 aromatic carbocycles. The van der Waals surface area contributed by atoms with Crippen molar-refractivity contribution < 1.29 is 14.0 Å². The Balaban J connectivity index is 1.73. The van der Waals surface area contributed by atoms with Crippen LogP contribution in [0.15, 0.2) is 22.7 Å². The fraction of sp³-hybridized carbons (Fsp3) is 0.429. The molecule has 0 saturated heterocycles. The van der Waals surface area contributed by atoms with E-state index in [4.69, 9.17) is 0 Å². The third-order valence-corrected chi connectivity index (χ3v) is 3.66. The third kappa shape index (κ3) is 4.30. The minimum absolute atomic E-state index is 0.00469. The molecule has 1 aromatic rings. The molecule has 6 heteroatoms. The van der Waals surface area contributed by atoms with Gasteiger partial charge in [0, 0.05) is 23.5 Å². The standard InChI is InChI=1S/C14H16BrFN2O2/c15-10-3-1-4-11(16)13(10)14(20)17-8-2-5-12(19)18-9-6-7-9/h1,3-4,9H,2,5-8H2,(H,17,20)(H,18,19). The minimum Gasteiger partial charge on any atom is -0.353 e. The predicted molar refractivity (Wildman–Crippen MR) is 76.8 cm³/mol. The van der Waals surface area contributed by atoms with Gasteiger partial charge in [-0.1, -0.05) is 6.07 Å². The van der Waals surface area contributed by atoms with E-state index in [1.54, 1.807) is 6.07 Å². The Morgan fingerprint density at radius 1 is 1.35 bits per heavy atom. The highest BCUT2D eigenvalue weighted by Crippen LogP contribution is 2.19. The Labute approximate surface area is 125 Å². The van der Waals surface area contributed by atoms with Crippen molar-refractivity contribution in [3.8, 4) is 0 Å². The summed E-state index contributed by atoms with van der Waals surface area (Å²) in [6.07, 6.45) is 3.03. The van der Waals surface area contributed by atoms with Gasteiger partial charge in [0.05, 0.1) is 5.56 Å². The lowest BCUT2D eigenvalue weighted by atomic mass is 10.2. The fourth-order valence-electron chi connectivity index (χ4n) is 1.78. The van der Waals surface area contributed by atoms with Crippen molar-refractivity contribution in [2.45, 2.75) is 31.7 Å². The normalized spacial score (nSPS) is 13.9. The number of hydrogen-bond acceptors (Lipinski definition) is 2. The average Bonchev–Trinajstić information content (AvgIpc) is 3.18. The number of amides is 2. The smallest absolute Gasteiger partial charge is 0.255 e. The maximum absolute atomic E-state index is 13.5. The second-order valence-corrected chi connectivity index (χ2v) is 5.65. The van der Waals surface area contributed by atoms with Crippen LogP contribution >= 0.6 is 15.9 Å². The summed E-state index contributed by atoms with van der Waals surface area (Å²) >= 11 is 3.15.